The fraction of sp³-hybridized carbons (Fsp3) is 0.636. The van der Waals surface area contributed by atoms with Gasteiger partial charge in [0, 0.05) is 18.9 Å². The lowest BCUT2D eigenvalue weighted by atomic mass is 10.3. The van der Waals surface area contributed by atoms with Crippen molar-refractivity contribution in [2.45, 2.75) is 23.6 Å². The lowest BCUT2D eigenvalue weighted by Gasteiger charge is -2.16. The molecule has 1 aromatic rings. The van der Waals surface area contributed by atoms with Gasteiger partial charge in [-0.15, -0.1) is 23.1 Å². The summed E-state index contributed by atoms with van der Waals surface area (Å²) in [7, 11) is 1.76. The van der Waals surface area contributed by atoms with E-state index in [1.807, 2.05) is 11.8 Å². The second kappa shape index (κ2) is 8.16. The molecule has 0 amide bonds. The summed E-state index contributed by atoms with van der Waals surface area (Å²) in [5.74, 6) is 1.08. The van der Waals surface area contributed by atoms with Gasteiger partial charge in [0.05, 0.1) is 10.8 Å². The average Bonchev–Trinajstić information content (AvgIpc) is 2.75. The van der Waals surface area contributed by atoms with Crippen molar-refractivity contribution < 1.29 is 4.74 Å². The molecule has 4 heteroatoms. The van der Waals surface area contributed by atoms with Crippen LogP contribution in [0.3, 0.4) is 0 Å². The number of thioether (sulfide) groups is 1. The van der Waals surface area contributed by atoms with Crippen LogP contribution in [0.2, 0.25) is 0 Å². The van der Waals surface area contributed by atoms with Crippen molar-refractivity contribution in [3.8, 4) is 0 Å². The summed E-state index contributed by atoms with van der Waals surface area (Å²) < 4.78 is 6.58. The maximum Gasteiger partial charge on any atom is 0.0624 e. The first-order chi connectivity index (χ1) is 7.36. The number of rotatable bonds is 8. The zero-order valence-electron chi connectivity index (χ0n) is 9.36. The summed E-state index contributed by atoms with van der Waals surface area (Å²) in [5, 5.41) is 5.61. The Bertz CT molecular complexity index is 239. The predicted molar refractivity (Wildman–Crippen MR) is 69.0 cm³/mol. The third-order valence-electron chi connectivity index (χ3n) is 1.97. The predicted octanol–water partition coefficient (Wildman–Crippen LogP) is 2.85. The van der Waals surface area contributed by atoms with Gasteiger partial charge >= 0.3 is 0 Å². The van der Waals surface area contributed by atoms with Gasteiger partial charge < -0.3 is 10.1 Å². The molecule has 0 fully saturated rings. The van der Waals surface area contributed by atoms with Crippen LogP contribution in [-0.4, -0.2) is 32.1 Å². The number of hydrogen-bond acceptors (Lipinski definition) is 4. The summed E-state index contributed by atoms with van der Waals surface area (Å²) in [4.78, 5) is 0. The van der Waals surface area contributed by atoms with Gasteiger partial charge in [-0.2, -0.15) is 0 Å². The first-order valence-electron chi connectivity index (χ1n) is 5.25. The topological polar surface area (TPSA) is 21.3 Å². The Kier molecular flexibility index (Phi) is 7.09. The molecule has 0 bridgehead atoms. The van der Waals surface area contributed by atoms with Gasteiger partial charge in [-0.1, -0.05) is 13.0 Å². The van der Waals surface area contributed by atoms with Crippen LogP contribution in [-0.2, 0) is 4.74 Å². The van der Waals surface area contributed by atoms with Crippen LogP contribution >= 0.6 is 23.1 Å². The second-order valence-electron chi connectivity index (χ2n) is 3.35. The molecule has 86 valence electrons. The minimum absolute atomic E-state index is 0.460. The number of nitrogens with one attached hydrogen (secondary N) is 1. The molecular weight excluding hydrogens is 226 g/mol. The lowest BCUT2D eigenvalue weighted by molar-refractivity contribution is 0.174. The Balaban J connectivity index is 2.24. The molecule has 1 aromatic heterocycles. The molecular formula is C11H19NOS2. The molecule has 0 aliphatic rings. The molecule has 0 saturated heterocycles. The monoisotopic (exact) mass is 245 g/mol. The van der Waals surface area contributed by atoms with Crippen LogP contribution in [0.4, 0.5) is 0 Å². The van der Waals surface area contributed by atoms with E-state index in [1.54, 1.807) is 18.4 Å². The first kappa shape index (κ1) is 13.0. The third-order valence-corrected chi connectivity index (χ3v) is 4.27. The minimum atomic E-state index is 0.460. The number of ether oxygens (including phenoxy) is 1. The van der Waals surface area contributed by atoms with Gasteiger partial charge in [0.25, 0.3) is 0 Å². The molecule has 1 atom stereocenters. The average molecular weight is 245 g/mol. The van der Waals surface area contributed by atoms with Crippen LogP contribution in [0.5, 0.6) is 0 Å². The number of hydrogen-bond donors (Lipinski definition) is 1. The lowest BCUT2D eigenvalue weighted by Crippen LogP contribution is -2.35. The van der Waals surface area contributed by atoms with E-state index in [9.17, 15) is 0 Å². The van der Waals surface area contributed by atoms with Crippen molar-refractivity contribution in [2.75, 3.05) is 26.0 Å². The van der Waals surface area contributed by atoms with Gasteiger partial charge in [0.1, 0.15) is 0 Å². The van der Waals surface area contributed by atoms with Crippen LogP contribution in [0.25, 0.3) is 0 Å². The largest absolute Gasteiger partial charge is 0.383 e. The normalized spacial score (nSPS) is 12.9. The minimum Gasteiger partial charge on any atom is -0.383 e. The Morgan fingerprint density at radius 3 is 3.07 bits per heavy atom. The highest BCUT2D eigenvalue weighted by Gasteiger charge is 2.07. The first-order valence-corrected chi connectivity index (χ1v) is 7.12. The molecule has 0 saturated carbocycles. The number of thiophene rings is 1. The highest BCUT2D eigenvalue weighted by molar-refractivity contribution is 8.01. The molecule has 1 rings (SSSR count). The van der Waals surface area contributed by atoms with Gasteiger partial charge in [-0.25, -0.2) is 0 Å². The van der Waals surface area contributed by atoms with Crippen molar-refractivity contribution in [3.05, 3.63) is 17.5 Å². The standard InChI is InChI=1S/C11H19NOS2/c1-3-6-12-10(8-13-2)9-15-11-5-4-7-14-11/h4-5,7,10,12H,3,6,8-9H2,1-2H3. The quantitative estimate of drug-likeness (QED) is 0.712. The van der Waals surface area contributed by atoms with Crippen LogP contribution in [0.15, 0.2) is 21.7 Å². The Labute approximate surface area is 100 Å². The fourth-order valence-electron chi connectivity index (χ4n) is 1.24. The summed E-state index contributed by atoms with van der Waals surface area (Å²) in [6.45, 7) is 4.04. The Hall–Kier alpha value is -0.0300. The van der Waals surface area contributed by atoms with E-state index in [0.717, 1.165) is 18.9 Å². The van der Waals surface area contributed by atoms with Gasteiger partial charge in [0.2, 0.25) is 0 Å². The van der Waals surface area contributed by atoms with E-state index in [1.165, 1.54) is 10.6 Å². The van der Waals surface area contributed by atoms with Gasteiger partial charge in [-0.3, -0.25) is 0 Å². The van der Waals surface area contributed by atoms with E-state index in [-0.39, 0.29) is 0 Å². The molecule has 0 aliphatic heterocycles. The summed E-state index contributed by atoms with van der Waals surface area (Å²) in [5.41, 5.74) is 0. The molecule has 1 heterocycles. The molecule has 1 N–H and O–H groups in total. The van der Waals surface area contributed by atoms with Gasteiger partial charge in [-0.05, 0) is 24.4 Å². The molecule has 0 radical (unpaired) electrons. The van der Waals surface area contributed by atoms with E-state index in [2.05, 4.69) is 29.8 Å². The van der Waals surface area contributed by atoms with E-state index in [4.69, 9.17) is 4.74 Å². The van der Waals surface area contributed by atoms with Crippen LogP contribution in [0.1, 0.15) is 13.3 Å². The molecule has 2 nitrogen and oxygen atoms in total. The highest BCUT2D eigenvalue weighted by Crippen LogP contribution is 2.23. The molecule has 15 heavy (non-hydrogen) atoms. The van der Waals surface area contributed by atoms with Gasteiger partial charge in [0.15, 0.2) is 0 Å². The highest BCUT2D eigenvalue weighted by atomic mass is 32.2. The molecule has 0 spiro atoms. The second-order valence-corrected chi connectivity index (χ2v) is 5.62. The SMILES string of the molecule is CCCNC(COC)CSc1cccs1. The van der Waals surface area contributed by atoms with Crippen LogP contribution < -0.4 is 5.32 Å². The van der Waals surface area contributed by atoms with E-state index in [0.29, 0.717) is 6.04 Å². The maximum atomic E-state index is 5.20. The zero-order chi connectivity index (χ0) is 10.9. The molecule has 1 unspecified atom stereocenters. The van der Waals surface area contributed by atoms with E-state index < -0.39 is 0 Å². The van der Waals surface area contributed by atoms with Crippen molar-refractivity contribution in [2.24, 2.45) is 0 Å². The zero-order valence-corrected chi connectivity index (χ0v) is 11.0. The smallest absolute Gasteiger partial charge is 0.0624 e. The van der Waals surface area contributed by atoms with Crippen molar-refractivity contribution in [1.29, 1.82) is 0 Å². The Morgan fingerprint density at radius 2 is 2.47 bits per heavy atom. The molecule has 0 aliphatic carbocycles. The number of methoxy groups -OCH3 is 1. The molecule has 0 aromatic carbocycles. The summed E-state index contributed by atoms with van der Waals surface area (Å²) >= 11 is 3.70. The van der Waals surface area contributed by atoms with Crippen LogP contribution in [0, 0.1) is 0 Å². The van der Waals surface area contributed by atoms with Crippen molar-refractivity contribution in [1.82, 2.24) is 5.32 Å². The van der Waals surface area contributed by atoms with Crippen molar-refractivity contribution in [3.63, 3.8) is 0 Å². The van der Waals surface area contributed by atoms with E-state index >= 15 is 0 Å². The summed E-state index contributed by atoms with van der Waals surface area (Å²) in [6, 6.07) is 4.72. The maximum absolute atomic E-state index is 5.20. The van der Waals surface area contributed by atoms with Crippen molar-refractivity contribution >= 4 is 23.1 Å². The fourth-order valence-corrected chi connectivity index (χ4v) is 3.09. The third kappa shape index (κ3) is 5.56. The Morgan fingerprint density at radius 1 is 1.60 bits per heavy atom. The summed E-state index contributed by atoms with van der Waals surface area (Å²) in [6.07, 6.45) is 1.17.